The molecule has 92 valence electrons. The molecule has 1 aromatic rings. The summed E-state index contributed by atoms with van der Waals surface area (Å²) in [7, 11) is 3.15. The summed E-state index contributed by atoms with van der Waals surface area (Å²) in [6.45, 7) is 0.0666. The number of carbonyl (C=O) groups is 2. The molecule has 2 N–H and O–H groups in total. The van der Waals surface area contributed by atoms with Gasteiger partial charge in [0.1, 0.15) is 5.56 Å². The molecule has 0 heterocycles. The predicted molar refractivity (Wildman–Crippen MR) is 65.7 cm³/mol. The van der Waals surface area contributed by atoms with E-state index in [1.807, 2.05) is 0 Å². The number of nitrogens with one attached hydrogen (secondary N) is 1. The number of hydrogen-bond donors (Lipinski definition) is 2. The third kappa shape index (κ3) is 3.10. The zero-order valence-electron chi connectivity index (χ0n) is 9.53. The number of nitrogens with zero attached hydrogens (tertiary/aromatic N) is 1. The highest BCUT2D eigenvalue weighted by molar-refractivity contribution is 6.34. The molecule has 0 saturated carbocycles. The van der Waals surface area contributed by atoms with E-state index in [4.69, 9.17) is 16.7 Å². The van der Waals surface area contributed by atoms with Crippen LogP contribution in [0.3, 0.4) is 0 Å². The molecule has 17 heavy (non-hydrogen) atoms. The van der Waals surface area contributed by atoms with Crippen LogP contribution in [0, 0.1) is 0 Å². The van der Waals surface area contributed by atoms with Crippen LogP contribution in [0.5, 0.6) is 0 Å². The minimum atomic E-state index is -1.12. The Hall–Kier alpha value is -1.75. The second-order valence-electron chi connectivity index (χ2n) is 3.47. The molecule has 0 saturated heterocycles. The summed E-state index contributed by atoms with van der Waals surface area (Å²) in [5.41, 5.74) is 0.411. The van der Waals surface area contributed by atoms with Crippen molar-refractivity contribution in [2.24, 2.45) is 0 Å². The molecule has 6 heteroatoms. The number of rotatable bonds is 4. The van der Waals surface area contributed by atoms with Crippen LogP contribution in [0.15, 0.2) is 18.2 Å². The molecule has 0 unspecified atom stereocenters. The zero-order valence-corrected chi connectivity index (χ0v) is 10.3. The van der Waals surface area contributed by atoms with Crippen molar-refractivity contribution in [1.82, 2.24) is 5.32 Å². The maximum Gasteiger partial charge on any atom is 0.339 e. The van der Waals surface area contributed by atoms with Crippen molar-refractivity contribution in [2.75, 3.05) is 25.5 Å². The zero-order chi connectivity index (χ0) is 13.0. The first kappa shape index (κ1) is 13.3. The molecule has 0 aromatic heterocycles. The summed E-state index contributed by atoms with van der Waals surface area (Å²) >= 11 is 5.83. The molecule has 0 bridgehead atoms. The van der Waals surface area contributed by atoms with E-state index in [0.717, 1.165) is 0 Å². The molecule has 0 atom stereocenters. The van der Waals surface area contributed by atoms with Gasteiger partial charge in [-0.25, -0.2) is 4.79 Å². The average Bonchev–Trinajstić information content (AvgIpc) is 2.27. The van der Waals surface area contributed by atoms with Gasteiger partial charge in [0, 0.05) is 14.1 Å². The van der Waals surface area contributed by atoms with E-state index in [9.17, 15) is 9.59 Å². The van der Waals surface area contributed by atoms with Gasteiger partial charge in [0.25, 0.3) is 0 Å². The molecule has 0 fully saturated rings. The lowest BCUT2D eigenvalue weighted by Crippen LogP contribution is -2.33. The van der Waals surface area contributed by atoms with Crippen LogP contribution in [0.25, 0.3) is 0 Å². The summed E-state index contributed by atoms with van der Waals surface area (Å²) in [4.78, 5) is 23.9. The van der Waals surface area contributed by atoms with E-state index in [1.54, 1.807) is 19.2 Å². The van der Waals surface area contributed by atoms with Crippen LogP contribution >= 0.6 is 11.6 Å². The fourth-order valence-corrected chi connectivity index (χ4v) is 1.67. The normalized spacial score (nSPS) is 9.82. The van der Waals surface area contributed by atoms with E-state index in [0.29, 0.717) is 5.69 Å². The van der Waals surface area contributed by atoms with Crippen LogP contribution in [-0.2, 0) is 4.79 Å². The Labute approximate surface area is 104 Å². The van der Waals surface area contributed by atoms with Gasteiger partial charge in [0.05, 0.1) is 17.3 Å². The Bertz CT molecular complexity index is 448. The molecule has 0 aliphatic carbocycles. The van der Waals surface area contributed by atoms with Crippen LogP contribution in [0.1, 0.15) is 10.4 Å². The monoisotopic (exact) mass is 256 g/mol. The highest BCUT2D eigenvalue weighted by Crippen LogP contribution is 2.26. The van der Waals surface area contributed by atoms with Crippen LogP contribution in [0.4, 0.5) is 5.69 Å². The van der Waals surface area contributed by atoms with E-state index >= 15 is 0 Å². The number of anilines is 1. The largest absolute Gasteiger partial charge is 0.478 e. The Morgan fingerprint density at radius 2 is 2.12 bits per heavy atom. The average molecular weight is 257 g/mol. The van der Waals surface area contributed by atoms with Gasteiger partial charge in [-0.3, -0.25) is 4.79 Å². The maximum atomic E-state index is 11.2. The summed E-state index contributed by atoms with van der Waals surface area (Å²) in [6.07, 6.45) is 0. The highest BCUT2D eigenvalue weighted by atomic mass is 35.5. The fourth-order valence-electron chi connectivity index (χ4n) is 1.42. The lowest BCUT2D eigenvalue weighted by molar-refractivity contribution is -0.119. The van der Waals surface area contributed by atoms with E-state index in [2.05, 4.69) is 5.32 Å². The first-order valence-corrected chi connectivity index (χ1v) is 5.28. The molecule has 1 rings (SSSR count). The SMILES string of the molecule is CNC(=O)CN(C)c1cccc(Cl)c1C(=O)O. The number of benzene rings is 1. The summed E-state index contributed by atoms with van der Waals surface area (Å²) in [6, 6.07) is 4.75. The molecule has 0 spiro atoms. The number of carboxylic acids is 1. The number of amides is 1. The molecule has 1 aromatic carbocycles. The van der Waals surface area contributed by atoms with Gasteiger partial charge in [0.2, 0.25) is 5.91 Å². The van der Waals surface area contributed by atoms with Crippen LogP contribution < -0.4 is 10.2 Å². The van der Waals surface area contributed by atoms with Gasteiger partial charge < -0.3 is 15.3 Å². The lowest BCUT2D eigenvalue weighted by atomic mass is 10.1. The molecule has 1 amide bonds. The van der Waals surface area contributed by atoms with Crippen molar-refractivity contribution in [3.05, 3.63) is 28.8 Å². The summed E-state index contributed by atoms with van der Waals surface area (Å²) in [5, 5.41) is 11.7. The van der Waals surface area contributed by atoms with E-state index < -0.39 is 5.97 Å². The summed E-state index contributed by atoms with van der Waals surface area (Å²) < 4.78 is 0. The first-order valence-electron chi connectivity index (χ1n) is 4.91. The third-order valence-corrected chi connectivity index (χ3v) is 2.59. The van der Waals surface area contributed by atoms with E-state index in [-0.39, 0.29) is 23.0 Å². The third-order valence-electron chi connectivity index (χ3n) is 2.28. The predicted octanol–water partition coefficient (Wildman–Crippen LogP) is 1.22. The van der Waals surface area contributed by atoms with Gasteiger partial charge in [-0.15, -0.1) is 0 Å². The maximum absolute atomic E-state index is 11.2. The number of carbonyl (C=O) groups excluding carboxylic acids is 1. The second-order valence-corrected chi connectivity index (χ2v) is 3.88. The molecular formula is C11H13ClN2O3. The van der Waals surface area contributed by atoms with Gasteiger partial charge in [-0.05, 0) is 12.1 Å². The Kier molecular flexibility index (Phi) is 4.34. The topological polar surface area (TPSA) is 69.6 Å². The molecule has 0 aliphatic heterocycles. The van der Waals surface area contributed by atoms with Gasteiger partial charge in [-0.1, -0.05) is 17.7 Å². The summed E-state index contributed by atoms with van der Waals surface area (Å²) in [5.74, 6) is -1.32. The van der Waals surface area contributed by atoms with Crippen molar-refractivity contribution < 1.29 is 14.7 Å². The Morgan fingerprint density at radius 1 is 1.47 bits per heavy atom. The molecule has 0 radical (unpaired) electrons. The highest BCUT2D eigenvalue weighted by Gasteiger charge is 2.18. The van der Waals surface area contributed by atoms with Gasteiger partial charge in [0.15, 0.2) is 0 Å². The van der Waals surface area contributed by atoms with Crippen molar-refractivity contribution in [1.29, 1.82) is 0 Å². The number of likely N-dealkylation sites (N-methyl/N-ethyl adjacent to an activating group) is 2. The first-order chi connectivity index (χ1) is 7.97. The quantitative estimate of drug-likeness (QED) is 0.850. The second kappa shape index (κ2) is 5.54. The number of carboxylic acid groups (broad SMARTS) is 1. The van der Waals surface area contributed by atoms with Crippen LogP contribution in [0.2, 0.25) is 5.02 Å². The van der Waals surface area contributed by atoms with Crippen molar-refractivity contribution in [3.8, 4) is 0 Å². The molecule has 0 aliphatic rings. The van der Waals surface area contributed by atoms with Crippen LogP contribution in [-0.4, -0.2) is 37.6 Å². The van der Waals surface area contributed by atoms with Crippen molar-refractivity contribution in [2.45, 2.75) is 0 Å². The smallest absolute Gasteiger partial charge is 0.339 e. The van der Waals surface area contributed by atoms with Crippen molar-refractivity contribution >= 4 is 29.2 Å². The minimum Gasteiger partial charge on any atom is -0.478 e. The lowest BCUT2D eigenvalue weighted by Gasteiger charge is -2.20. The number of aromatic carboxylic acids is 1. The van der Waals surface area contributed by atoms with E-state index in [1.165, 1.54) is 18.0 Å². The number of halogens is 1. The minimum absolute atomic E-state index is 0.000528. The van der Waals surface area contributed by atoms with Crippen molar-refractivity contribution in [3.63, 3.8) is 0 Å². The molecule has 5 nitrogen and oxygen atoms in total. The fraction of sp³-hybridized carbons (Fsp3) is 0.273. The Balaban J connectivity index is 3.09. The molecular weight excluding hydrogens is 244 g/mol. The standard InChI is InChI=1S/C11H13ClN2O3/c1-13-9(15)6-14(2)8-5-3-4-7(12)10(8)11(16)17/h3-5H,6H2,1-2H3,(H,13,15)(H,16,17). The van der Waals surface area contributed by atoms with Gasteiger partial charge in [-0.2, -0.15) is 0 Å². The number of hydrogen-bond acceptors (Lipinski definition) is 3. The Morgan fingerprint density at radius 3 is 2.65 bits per heavy atom. The van der Waals surface area contributed by atoms with Gasteiger partial charge >= 0.3 is 5.97 Å².